The Bertz CT molecular complexity index is 1020. The van der Waals surface area contributed by atoms with Gasteiger partial charge in [-0.1, -0.05) is 145 Å². The highest BCUT2D eigenvalue weighted by atomic mass is 16.7. The number of rotatable bonds is 30. The number of unbranched alkanes of at least 4 members (excludes halogenated alkanes) is 8. The van der Waals surface area contributed by atoms with Gasteiger partial charge >= 0.3 is 0 Å². The maximum Gasteiger partial charge on any atom is 0.220 e. The fraction of sp³-hybridized carbons (Fsp3) is 0.690. The number of aliphatic hydroxyl groups excluding tert-OH is 5. The normalized spacial score (nSPS) is 22.8. The molecule has 1 fully saturated rings. The van der Waals surface area contributed by atoms with E-state index in [1.165, 1.54) is 38.5 Å². The minimum Gasteiger partial charge on any atom is -0.394 e. The molecule has 1 amide bonds. The molecule has 0 aromatic rings. The van der Waals surface area contributed by atoms with Crippen LogP contribution >= 0.6 is 0 Å². The van der Waals surface area contributed by atoms with E-state index >= 15 is 0 Å². The lowest BCUT2D eigenvalue weighted by Gasteiger charge is -2.40. The summed E-state index contributed by atoms with van der Waals surface area (Å²) in [6.45, 7) is 3.61. The molecule has 7 atom stereocenters. The van der Waals surface area contributed by atoms with Gasteiger partial charge in [0.15, 0.2) is 6.29 Å². The summed E-state index contributed by atoms with van der Waals surface area (Å²) < 4.78 is 11.2. The zero-order chi connectivity index (χ0) is 37.4. The Balaban J connectivity index is 2.45. The zero-order valence-corrected chi connectivity index (χ0v) is 31.6. The third-order valence-electron chi connectivity index (χ3n) is 8.84. The van der Waals surface area contributed by atoms with Crippen LogP contribution in [0.4, 0.5) is 0 Å². The number of hydrogen-bond donors (Lipinski definition) is 6. The molecule has 9 nitrogen and oxygen atoms in total. The monoisotopic (exact) mass is 718 g/mol. The fourth-order valence-electron chi connectivity index (χ4n) is 5.65. The number of carbonyl (C=O) groups is 1. The Kier molecular flexibility index (Phi) is 29.5. The van der Waals surface area contributed by atoms with E-state index in [-0.39, 0.29) is 18.9 Å². The molecular weight excluding hydrogens is 646 g/mol. The number of amides is 1. The van der Waals surface area contributed by atoms with Crippen LogP contribution in [0.25, 0.3) is 0 Å². The van der Waals surface area contributed by atoms with E-state index in [0.29, 0.717) is 12.8 Å². The molecule has 0 aliphatic carbocycles. The summed E-state index contributed by atoms with van der Waals surface area (Å²) in [4.78, 5) is 12.8. The highest BCUT2D eigenvalue weighted by Crippen LogP contribution is 2.22. The van der Waals surface area contributed by atoms with Gasteiger partial charge in [-0.2, -0.15) is 0 Å². The van der Waals surface area contributed by atoms with Gasteiger partial charge in [-0.05, 0) is 51.4 Å². The zero-order valence-electron chi connectivity index (χ0n) is 31.6. The maximum absolute atomic E-state index is 12.8. The van der Waals surface area contributed by atoms with E-state index < -0.39 is 49.5 Å². The van der Waals surface area contributed by atoms with Crippen LogP contribution in [0.3, 0.4) is 0 Å². The summed E-state index contributed by atoms with van der Waals surface area (Å²) in [7, 11) is 0. The summed E-state index contributed by atoms with van der Waals surface area (Å²) in [6, 6.07) is -0.760. The van der Waals surface area contributed by atoms with Crippen molar-refractivity contribution in [1.29, 1.82) is 0 Å². The van der Waals surface area contributed by atoms with Gasteiger partial charge in [0.25, 0.3) is 0 Å². The highest BCUT2D eigenvalue weighted by Gasteiger charge is 2.44. The van der Waals surface area contributed by atoms with Crippen LogP contribution in [0.1, 0.15) is 129 Å². The summed E-state index contributed by atoms with van der Waals surface area (Å²) in [6.07, 6.45) is 35.0. The Morgan fingerprint density at radius 2 is 1.18 bits per heavy atom. The van der Waals surface area contributed by atoms with Crippen molar-refractivity contribution < 1.29 is 39.8 Å². The van der Waals surface area contributed by atoms with E-state index in [1.807, 2.05) is 12.2 Å². The standard InChI is InChI=1S/C42H71NO8/c1-3-5-7-9-11-13-14-15-16-17-18-19-20-21-22-24-26-28-30-32-38(46)43-35(36(45)31-29-27-25-23-12-10-8-6-4-2)34-50-42-41(49)40(48)39(47)37(33-44)51-42/h5,7,11,13,15-16,18-19,21-22,26,28,35-37,39-42,44-45,47-49H,3-4,6,8-10,12,14,17,20,23-25,27,29-34H2,1-2H3,(H,43,46)/b7-5-,13-11-,16-15-,19-18-,22-21-,28-26-. The first kappa shape index (κ1) is 46.7. The molecule has 0 aromatic carbocycles. The van der Waals surface area contributed by atoms with Crippen LogP contribution in [0.15, 0.2) is 72.9 Å². The molecule has 0 radical (unpaired) electrons. The van der Waals surface area contributed by atoms with Gasteiger partial charge < -0.3 is 40.3 Å². The number of aliphatic hydroxyl groups is 5. The quantitative estimate of drug-likeness (QED) is 0.0342. The van der Waals surface area contributed by atoms with E-state index in [0.717, 1.165) is 57.8 Å². The summed E-state index contributed by atoms with van der Waals surface area (Å²) in [5.41, 5.74) is 0. The molecule has 292 valence electrons. The van der Waals surface area contributed by atoms with Gasteiger partial charge in [-0.15, -0.1) is 0 Å². The number of allylic oxidation sites excluding steroid dienone is 12. The molecule has 1 aliphatic heterocycles. The molecule has 0 spiro atoms. The number of hydrogen-bond acceptors (Lipinski definition) is 8. The second-order valence-electron chi connectivity index (χ2n) is 13.3. The maximum atomic E-state index is 12.8. The lowest BCUT2D eigenvalue weighted by Crippen LogP contribution is -2.60. The van der Waals surface area contributed by atoms with Crippen LogP contribution in [-0.2, 0) is 14.3 Å². The molecule has 0 saturated carbocycles. The molecule has 6 N–H and O–H groups in total. The van der Waals surface area contributed by atoms with Crippen LogP contribution in [0.5, 0.6) is 0 Å². The molecule has 9 heteroatoms. The molecule has 0 aromatic heterocycles. The second kappa shape index (κ2) is 32.3. The summed E-state index contributed by atoms with van der Waals surface area (Å²) >= 11 is 0. The van der Waals surface area contributed by atoms with Crippen molar-refractivity contribution in [2.75, 3.05) is 13.2 Å². The van der Waals surface area contributed by atoms with E-state index in [4.69, 9.17) is 9.47 Å². The second-order valence-corrected chi connectivity index (χ2v) is 13.3. The number of carbonyl (C=O) groups excluding carboxylic acids is 1. The van der Waals surface area contributed by atoms with Crippen LogP contribution in [-0.4, -0.2) is 87.5 Å². The molecule has 1 rings (SSSR count). The third kappa shape index (κ3) is 23.7. The van der Waals surface area contributed by atoms with Crippen molar-refractivity contribution in [1.82, 2.24) is 5.32 Å². The van der Waals surface area contributed by atoms with Crippen molar-refractivity contribution in [3.63, 3.8) is 0 Å². The first-order chi connectivity index (χ1) is 24.8. The van der Waals surface area contributed by atoms with Crippen molar-refractivity contribution in [2.24, 2.45) is 0 Å². The Morgan fingerprint density at radius 3 is 1.69 bits per heavy atom. The number of ether oxygens (including phenoxy) is 2. The lowest BCUT2D eigenvalue weighted by atomic mass is 9.99. The van der Waals surface area contributed by atoms with Crippen molar-refractivity contribution in [3.8, 4) is 0 Å². The van der Waals surface area contributed by atoms with Gasteiger partial charge in [-0.3, -0.25) is 4.79 Å². The molecule has 1 heterocycles. The molecule has 7 unspecified atom stereocenters. The van der Waals surface area contributed by atoms with E-state index in [1.54, 1.807) is 0 Å². The smallest absolute Gasteiger partial charge is 0.220 e. The first-order valence-electron chi connectivity index (χ1n) is 19.6. The van der Waals surface area contributed by atoms with E-state index in [9.17, 15) is 30.3 Å². The van der Waals surface area contributed by atoms with Crippen molar-refractivity contribution in [2.45, 2.75) is 172 Å². The highest BCUT2D eigenvalue weighted by molar-refractivity contribution is 5.76. The van der Waals surface area contributed by atoms with Gasteiger partial charge in [0, 0.05) is 6.42 Å². The topological polar surface area (TPSA) is 149 Å². The Hall–Kier alpha value is -2.37. The first-order valence-corrected chi connectivity index (χ1v) is 19.6. The van der Waals surface area contributed by atoms with Crippen molar-refractivity contribution >= 4 is 5.91 Å². The molecule has 1 saturated heterocycles. The average molecular weight is 718 g/mol. The predicted octanol–water partition coefficient (Wildman–Crippen LogP) is 7.05. The SMILES string of the molecule is CC/C=C\C/C=C\C/C=C\C/C=C\C/C=C\C/C=C\CCC(=O)NC(COC1OC(CO)C(O)C(O)C1O)C(O)CCCCCCCCCCC. The molecular formula is C42H71NO8. The largest absolute Gasteiger partial charge is 0.394 e. The fourth-order valence-corrected chi connectivity index (χ4v) is 5.65. The number of nitrogens with one attached hydrogen (secondary N) is 1. The minimum absolute atomic E-state index is 0.174. The molecule has 1 aliphatic rings. The molecule has 0 bridgehead atoms. The van der Waals surface area contributed by atoms with Gasteiger partial charge in [0.2, 0.25) is 5.91 Å². The van der Waals surface area contributed by atoms with E-state index in [2.05, 4.69) is 79.9 Å². The summed E-state index contributed by atoms with van der Waals surface area (Å²) in [5.74, 6) is -0.233. The van der Waals surface area contributed by atoms with Gasteiger partial charge in [0.1, 0.15) is 24.4 Å². The van der Waals surface area contributed by atoms with Crippen LogP contribution in [0.2, 0.25) is 0 Å². The summed E-state index contributed by atoms with van der Waals surface area (Å²) in [5, 5.41) is 53.9. The lowest BCUT2D eigenvalue weighted by molar-refractivity contribution is -0.302. The Labute approximate surface area is 308 Å². The van der Waals surface area contributed by atoms with Crippen LogP contribution in [0, 0.1) is 0 Å². The third-order valence-corrected chi connectivity index (χ3v) is 8.84. The van der Waals surface area contributed by atoms with Crippen molar-refractivity contribution in [3.05, 3.63) is 72.9 Å². The molecule has 51 heavy (non-hydrogen) atoms. The predicted molar refractivity (Wildman–Crippen MR) is 207 cm³/mol. The van der Waals surface area contributed by atoms with Gasteiger partial charge in [0.05, 0.1) is 25.4 Å². The van der Waals surface area contributed by atoms with Gasteiger partial charge in [-0.25, -0.2) is 0 Å². The minimum atomic E-state index is -1.57. The average Bonchev–Trinajstić information content (AvgIpc) is 3.13. The van der Waals surface area contributed by atoms with Crippen LogP contribution < -0.4 is 5.32 Å². The Morgan fingerprint density at radius 1 is 0.686 bits per heavy atom.